The summed E-state index contributed by atoms with van der Waals surface area (Å²) in [7, 11) is 0. The van der Waals surface area contributed by atoms with Gasteiger partial charge in [-0.3, -0.25) is 4.90 Å². The molecule has 3 heteroatoms. The van der Waals surface area contributed by atoms with Gasteiger partial charge in [-0.05, 0) is 30.2 Å². The highest BCUT2D eigenvalue weighted by Crippen LogP contribution is 2.53. The fraction of sp³-hybridized carbons (Fsp3) is 0.684. The van der Waals surface area contributed by atoms with Crippen LogP contribution >= 0.6 is 0 Å². The first-order chi connectivity index (χ1) is 10.8. The molecule has 1 aromatic rings. The minimum absolute atomic E-state index is 0.384. The first-order valence-corrected chi connectivity index (χ1v) is 8.93. The molecule has 0 unspecified atom stereocenters. The van der Waals surface area contributed by atoms with Crippen LogP contribution in [0.1, 0.15) is 37.8 Å². The molecular weight excluding hydrogens is 272 g/mol. The lowest BCUT2D eigenvalue weighted by Crippen LogP contribution is -2.65. The lowest BCUT2D eigenvalue weighted by molar-refractivity contribution is -0.0824. The first-order valence-electron chi connectivity index (χ1n) is 8.93. The Morgan fingerprint density at radius 3 is 2.73 bits per heavy atom. The summed E-state index contributed by atoms with van der Waals surface area (Å²) in [5.41, 5.74) is 1.86. The molecule has 22 heavy (non-hydrogen) atoms. The highest BCUT2D eigenvalue weighted by atomic mass is 16.5. The summed E-state index contributed by atoms with van der Waals surface area (Å²) in [5, 5.41) is 3.86. The zero-order valence-corrected chi connectivity index (χ0v) is 13.6. The van der Waals surface area contributed by atoms with Gasteiger partial charge < -0.3 is 10.1 Å². The average molecular weight is 300 g/mol. The van der Waals surface area contributed by atoms with Gasteiger partial charge in [0.2, 0.25) is 0 Å². The Bertz CT molecular complexity index is 499. The van der Waals surface area contributed by atoms with Crippen molar-refractivity contribution in [1.82, 2.24) is 10.2 Å². The fourth-order valence-electron chi connectivity index (χ4n) is 5.42. The number of nitrogens with zero attached hydrogens (tertiary/aromatic N) is 1. The highest BCUT2D eigenvalue weighted by Gasteiger charge is 2.55. The Kier molecular flexibility index (Phi) is 3.97. The molecule has 120 valence electrons. The van der Waals surface area contributed by atoms with Gasteiger partial charge in [-0.1, -0.05) is 43.7 Å². The van der Waals surface area contributed by atoms with Crippen molar-refractivity contribution in [2.75, 3.05) is 32.8 Å². The molecule has 3 fully saturated rings. The zero-order valence-electron chi connectivity index (χ0n) is 13.6. The van der Waals surface area contributed by atoms with E-state index >= 15 is 0 Å². The normalized spacial score (nSPS) is 39.6. The summed E-state index contributed by atoms with van der Waals surface area (Å²) < 4.78 is 5.63. The van der Waals surface area contributed by atoms with Gasteiger partial charge in [0, 0.05) is 31.2 Å². The third-order valence-electron chi connectivity index (χ3n) is 6.39. The maximum Gasteiger partial charge on any atom is 0.0594 e. The van der Waals surface area contributed by atoms with E-state index in [0.717, 1.165) is 44.7 Å². The number of hydrogen-bond acceptors (Lipinski definition) is 3. The zero-order chi connectivity index (χ0) is 15.0. The van der Waals surface area contributed by atoms with Crippen LogP contribution in [0.4, 0.5) is 0 Å². The minimum atomic E-state index is 0.384. The Morgan fingerprint density at radius 1 is 1.18 bits per heavy atom. The van der Waals surface area contributed by atoms with Gasteiger partial charge in [0.25, 0.3) is 0 Å². The van der Waals surface area contributed by atoms with Crippen molar-refractivity contribution < 1.29 is 4.74 Å². The molecule has 1 saturated carbocycles. The number of rotatable bonds is 2. The molecule has 1 N–H and O–H groups in total. The Hall–Kier alpha value is -0.900. The van der Waals surface area contributed by atoms with Crippen LogP contribution in [-0.4, -0.2) is 43.3 Å². The number of piperidine rings is 1. The van der Waals surface area contributed by atoms with Crippen LogP contribution in [0.5, 0.6) is 0 Å². The van der Waals surface area contributed by atoms with Crippen LogP contribution in [0.15, 0.2) is 30.3 Å². The van der Waals surface area contributed by atoms with Gasteiger partial charge in [0.15, 0.2) is 0 Å². The van der Waals surface area contributed by atoms with Gasteiger partial charge in [-0.2, -0.15) is 0 Å². The molecule has 2 heterocycles. The number of nitrogens with one attached hydrogen (secondary N) is 1. The Balaban J connectivity index is 1.68. The summed E-state index contributed by atoms with van der Waals surface area (Å²) in [6.45, 7) is 7.63. The molecule has 0 aromatic heterocycles. The molecule has 3 aliphatic rings. The smallest absolute Gasteiger partial charge is 0.0594 e. The molecule has 0 amide bonds. The van der Waals surface area contributed by atoms with Crippen molar-refractivity contribution in [3.63, 3.8) is 0 Å². The maximum atomic E-state index is 5.63. The van der Waals surface area contributed by atoms with Gasteiger partial charge >= 0.3 is 0 Å². The van der Waals surface area contributed by atoms with E-state index in [1.165, 1.54) is 24.8 Å². The Labute approximate surface area is 134 Å². The molecule has 1 aliphatic carbocycles. The molecular formula is C19H28N2O. The third-order valence-corrected chi connectivity index (χ3v) is 6.39. The van der Waals surface area contributed by atoms with E-state index in [9.17, 15) is 0 Å². The van der Waals surface area contributed by atoms with Crippen LogP contribution in [0.2, 0.25) is 0 Å². The van der Waals surface area contributed by atoms with Gasteiger partial charge in [-0.25, -0.2) is 0 Å². The van der Waals surface area contributed by atoms with Gasteiger partial charge in [0.05, 0.1) is 13.2 Å². The molecule has 0 spiro atoms. The lowest BCUT2D eigenvalue weighted by atomic mass is 9.67. The fourth-order valence-corrected chi connectivity index (χ4v) is 5.42. The molecule has 2 saturated heterocycles. The second-order valence-electron chi connectivity index (χ2n) is 7.29. The van der Waals surface area contributed by atoms with Crippen LogP contribution in [-0.2, 0) is 4.74 Å². The SMILES string of the molecule is C[C@@H]1CN[C@H](c2ccccc2)[C@H]2CCC[C@@]12N1CCOCC1. The van der Waals surface area contributed by atoms with Crippen molar-refractivity contribution in [2.45, 2.75) is 37.8 Å². The van der Waals surface area contributed by atoms with Crippen molar-refractivity contribution >= 4 is 0 Å². The van der Waals surface area contributed by atoms with E-state index in [1.54, 1.807) is 0 Å². The van der Waals surface area contributed by atoms with Crippen LogP contribution in [0.3, 0.4) is 0 Å². The van der Waals surface area contributed by atoms with E-state index < -0.39 is 0 Å². The first kappa shape index (κ1) is 14.7. The van der Waals surface area contributed by atoms with Crippen molar-refractivity contribution in [1.29, 1.82) is 0 Å². The summed E-state index contributed by atoms with van der Waals surface area (Å²) in [5.74, 6) is 1.45. The number of fused-ring (bicyclic) bond motifs is 1. The molecule has 0 radical (unpaired) electrons. The number of ether oxygens (including phenoxy) is 1. The van der Waals surface area contributed by atoms with Crippen LogP contribution < -0.4 is 5.32 Å². The minimum Gasteiger partial charge on any atom is -0.379 e. The quantitative estimate of drug-likeness (QED) is 0.909. The standard InChI is InChI=1S/C19H28N2O/c1-15-14-20-18(16-6-3-2-4-7-16)17-8-5-9-19(15,17)21-10-12-22-13-11-21/h2-4,6-7,15,17-18,20H,5,8-14H2,1H3/t15-,17-,18-,19-/m1/s1. The summed E-state index contributed by atoms with van der Waals surface area (Å²) >= 11 is 0. The maximum absolute atomic E-state index is 5.63. The van der Waals surface area contributed by atoms with Gasteiger partial charge in [-0.15, -0.1) is 0 Å². The Morgan fingerprint density at radius 2 is 1.95 bits per heavy atom. The number of benzene rings is 1. The predicted molar refractivity (Wildman–Crippen MR) is 88.8 cm³/mol. The summed E-state index contributed by atoms with van der Waals surface area (Å²) in [6, 6.07) is 11.6. The van der Waals surface area contributed by atoms with Crippen molar-refractivity contribution in [3.8, 4) is 0 Å². The summed E-state index contributed by atoms with van der Waals surface area (Å²) in [6.07, 6.45) is 4.09. The number of hydrogen-bond donors (Lipinski definition) is 1. The van der Waals surface area contributed by atoms with E-state index in [-0.39, 0.29) is 0 Å². The van der Waals surface area contributed by atoms with Crippen LogP contribution in [0.25, 0.3) is 0 Å². The predicted octanol–water partition coefficient (Wildman–Crippen LogP) is 2.84. The van der Waals surface area contributed by atoms with E-state index in [4.69, 9.17) is 4.74 Å². The monoisotopic (exact) mass is 300 g/mol. The van der Waals surface area contributed by atoms with E-state index in [2.05, 4.69) is 47.5 Å². The van der Waals surface area contributed by atoms with E-state index in [1.807, 2.05) is 0 Å². The third kappa shape index (κ3) is 2.22. The number of morpholine rings is 1. The van der Waals surface area contributed by atoms with Crippen LogP contribution in [0, 0.1) is 11.8 Å². The average Bonchev–Trinajstić information content (AvgIpc) is 3.04. The largest absolute Gasteiger partial charge is 0.379 e. The highest BCUT2D eigenvalue weighted by molar-refractivity contribution is 5.24. The topological polar surface area (TPSA) is 24.5 Å². The molecule has 4 atom stereocenters. The van der Waals surface area contributed by atoms with Gasteiger partial charge in [0.1, 0.15) is 0 Å². The summed E-state index contributed by atoms with van der Waals surface area (Å²) in [4.78, 5) is 2.79. The van der Waals surface area contributed by atoms with Crippen molar-refractivity contribution in [3.05, 3.63) is 35.9 Å². The molecule has 3 nitrogen and oxygen atoms in total. The molecule has 2 aliphatic heterocycles. The molecule has 0 bridgehead atoms. The molecule has 4 rings (SSSR count). The van der Waals surface area contributed by atoms with E-state index in [0.29, 0.717) is 11.6 Å². The second-order valence-corrected chi connectivity index (χ2v) is 7.29. The second kappa shape index (κ2) is 5.95. The lowest BCUT2D eigenvalue weighted by Gasteiger charge is -2.56. The van der Waals surface area contributed by atoms with Crippen molar-refractivity contribution in [2.24, 2.45) is 11.8 Å². The molecule has 1 aromatic carbocycles.